The van der Waals surface area contributed by atoms with Crippen LogP contribution in [0, 0.1) is 6.92 Å². The van der Waals surface area contributed by atoms with Crippen molar-refractivity contribution in [3.05, 3.63) is 76.1 Å². The topological polar surface area (TPSA) is 12.9 Å². The Bertz CT molecular complexity index is 670. The molecule has 0 fully saturated rings. The molecule has 2 heteroatoms. The lowest BCUT2D eigenvalue weighted by molar-refractivity contribution is 1.14. The summed E-state index contributed by atoms with van der Waals surface area (Å²) in [4.78, 5) is 4.74. The fraction of sp³-hybridized carbons (Fsp3) is 0.118. The summed E-state index contributed by atoms with van der Waals surface area (Å²) >= 11 is 1.73. The Balaban J connectivity index is 1.84. The van der Waals surface area contributed by atoms with Crippen LogP contribution in [0.3, 0.4) is 0 Å². The Kier molecular flexibility index (Phi) is 3.43. The maximum absolute atomic E-state index is 4.74. The first-order valence-corrected chi connectivity index (χ1v) is 7.24. The quantitative estimate of drug-likeness (QED) is 0.668. The van der Waals surface area contributed by atoms with Crippen molar-refractivity contribution in [3.8, 4) is 11.3 Å². The number of nitrogens with zero attached hydrogens (tertiary/aromatic N) is 1. The molecule has 0 spiro atoms. The van der Waals surface area contributed by atoms with Crippen molar-refractivity contribution in [2.75, 3.05) is 0 Å². The molecule has 0 amide bonds. The summed E-state index contributed by atoms with van der Waals surface area (Å²) in [5.74, 6) is 0. The van der Waals surface area contributed by atoms with Crippen LogP contribution in [0.15, 0.2) is 60.0 Å². The molecule has 0 bridgehead atoms. The Hall–Kier alpha value is -1.93. The van der Waals surface area contributed by atoms with Gasteiger partial charge in [0.1, 0.15) is 0 Å². The van der Waals surface area contributed by atoms with Crippen LogP contribution in [0.2, 0.25) is 0 Å². The summed E-state index contributed by atoms with van der Waals surface area (Å²) in [6.07, 6.45) is 0.914. The lowest BCUT2D eigenvalue weighted by atomic mass is 10.1. The molecule has 0 N–H and O–H groups in total. The Morgan fingerprint density at radius 3 is 2.63 bits per heavy atom. The van der Waals surface area contributed by atoms with Gasteiger partial charge in [-0.15, -0.1) is 11.3 Å². The van der Waals surface area contributed by atoms with E-state index in [1.165, 1.54) is 21.7 Å². The average Bonchev–Trinajstić information content (AvgIpc) is 2.88. The predicted molar refractivity (Wildman–Crippen MR) is 81.5 cm³/mol. The van der Waals surface area contributed by atoms with Gasteiger partial charge >= 0.3 is 0 Å². The smallest absolute Gasteiger partial charge is 0.0976 e. The fourth-order valence-electron chi connectivity index (χ4n) is 2.10. The van der Waals surface area contributed by atoms with Gasteiger partial charge in [-0.1, -0.05) is 54.1 Å². The van der Waals surface area contributed by atoms with E-state index in [0.29, 0.717) is 0 Å². The van der Waals surface area contributed by atoms with Gasteiger partial charge in [-0.25, -0.2) is 4.98 Å². The second-order valence-electron chi connectivity index (χ2n) is 4.66. The van der Waals surface area contributed by atoms with Crippen LogP contribution in [0.5, 0.6) is 0 Å². The van der Waals surface area contributed by atoms with Crippen LogP contribution < -0.4 is 0 Å². The predicted octanol–water partition coefficient (Wildman–Crippen LogP) is 4.71. The van der Waals surface area contributed by atoms with Crippen LogP contribution in [0.1, 0.15) is 16.1 Å². The number of hydrogen-bond acceptors (Lipinski definition) is 2. The molecule has 0 saturated carbocycles. The molecule has 0 atom stereocenters. The molecule has 0 aliphatic rings. The van der Waals surface area contributed by atoms with Crippen molar-refractivity contribution in [1.29, 1.82) is 0 Å². The molecule has 3 aromatic rings. The van der Waals surface area contributed by atoms with Gasteiger partial charge in [-0.3, -0.25) is 0 Å². The molecule has 0 unspecified atom stereocenters. The van der Waals surface area contributed by atoms with Crippen molar-refractivity contribution < 1.29 is 0 Å². The van der Waals surface area contributed by atoms with Crippen molar-refractivity contribution >= 4 is 11.3 Å². The van der Waals surface area contributed by atoms with E-state index in [0.717, 1.165) is 12.1 Å². The lowest BCUT2D eigenvalue weighted by Gasteiger charge is -1.98. The third kappa shape index (κ3) is 2.91. The molecule has 2 aromatic carbocycles. The maximum Gasteiger partial charge on any atom is 0.0976 e. The minimum Gasteiger partial charge on any atom is -0.241 e. The van der Waals surface area contributed by atoms with E-state index in [-0.39, 0.29) is 0 Å². The van der Waals surface area contributed by atoms with E-state index in [2.05, 4.69) is 60.8 Å². The summed E-state index contributed by atoms with van der Waals surface area (Å²) < 4.78 is 0. The summed E-state index contributed by atoms with van der Waals surface area (Å²) in [7, 11) is 0. The number of hydrogen-bond donors (Lipinski definition) is 0. The Morgan fingerprint density at radius 2 is 1.84 bits per heavy atom. The second kappa shape index (κ2) is 5.37. The van der Waals surface area contributed by atoms with Crippen molar-refractivity contribution in [3.63, 3.8) is 0 Å². The summed E-state index contributed by atoms with van der Waals surface area (Å²) in [6, 6.07) is 19.0. The second-order valence-corrected chi connectivity index (χ2v) is 5.60. The van der Waals surface area contributed by atoms with Crippen molar-refractivity contribution in [2.24, 2.45) is 0 Å². The van der Waals surface area contributed by atoms with Gasteiger partial charge in [0, 0.05) is 17.4 Å². The number of aromatic nitrogens is 1. The van der Waals surface area contributed by atoms with Gasteiger partial charge in [-0.2, -0.15) is 0 Å². The Labute approximate surface area is 117 Å². The zero-order valence-electron chi connectivity index (χ0n) is 10.8. The van der Waals surface area contributed by atoms with E-state index >= 15 is 0 Å². The third-order valence-electron chi connectivity index (χ3n) is 3.06. The number of aryl methyl sites for hydroxylation is 1. The summed E-state index contributed by atoms with van der Waals surface area (Å²) in [5, 5.41) is 3.32. The molecule has 19 heavy (non-hydrogen) atoms. The largest absolute Gasteiger partial charge is 0.241 e. The minimum atomic E-state index is 0.914. The number of benzene rings is 2. The highest BCUT2D eigenvalue weighted by molar-refractivity contribution is 7.10. The summed E-state index contributed by atoms with van der Waals surface area (Å²) in [6.45, 7) is 2.11. The van der Waals surface area contributed by atoms with Crippen LogP contribution in [0.4, 0.5) is 0 Å². The lowest BCUT2D eigenvalue weighted by Crippen LogP contribution is -1.87. The number of thiazole rings is 1. The standard InChI is InChI=1S/C17H15NS/c1-13-6-5-9-15(10-13)16-12-19-17(18-16)11-14-7-3-2-4-8-14/h2-10,12H,11H2,1H3. The molecule has 0 aliphatic carbocycles. The molecular weight excluding hydrogens is 250 g/mol. The summed E-state index contributed by atoms with van der Waals surface area (Å²) in [5.41, 5.74) is 4.87. The molecular formula is C17H15NS. The highest BCUT2D eigenvalue weighted by Gasteiger charge is 2.05. The molecule has 0 aliphatic heterocycles. The van der Waals surface area contributed by atoms with Crippen LogP contribution in [-0.4, -0.2) is 4.98 Å². The van der Waals surface area contributed by atoms with E-state index in [4.69, 9.17) is 4.98 Å². The van der Waals surface area contributed by atoms with Crippen LogP contribution in [-0.2, 0) is 6.42 Å². The first-order valence-electron chi connectivity index (χ1n) is 6.36. The van der Waals surface area contributed by atoms with Gasteiger partial charge in [-0.05, 0) is 18.6 Å². The molecule has 1 nitrogen and oxygen atoms in total. The van der Waals surface area contributed by atoms with Gasteiger partial charge in [0.25, 0.3) is 0 Å². The zero-order chi connectivity index (χ0) is 13.1. The minimum absolute atomic E-state index is 0.914. The normalized spacial score (nSPS) is 10.6. The first kappa shape index (κ1) is 12.1. The van der Waals surface area contributed by atoms with Crippen molar-refractivity contribution in [2.45, 2.75) is 13.3 Å². The van der Waals surface area contributed by atoms with Crippen molar-refractivity contribution in [1.82, 2.24) is 4.98 Å². The van der Waals surface area contributed by atoms with E-state index in [9.17, 15) is 0 Å². The molecule has 0 radical (unpaired) electrons. The van der Waals surface area contributed by atoms with Gasteiger partial charge < -0.3 is 0 Å². The van der Waals surface area contributed by atoms with E-state index < -0.39 is 0 Å². The Morgan fingerprint density at radius 1 is 1.00 bits per heavy atom. The van der Waals surface area contributed by atoms with Gasteiger partial charge in [0.2, 0.25) is 0 Å². The molecule has 1 aromatic heterocycles. The number of rotatable bonds is 3. The molecule has 94 valence electrons. The molecule has 1 heterocycles. The molecule has 3 rings (SSSR count). The third-order valence-corrected chi connectivity index (χ3v) is 3.91. The monoisotopic (exact) mass is 265 g/mol. The fourth-order valence-corrected chi connectivity index (χ4v) is 2.94. The van der Waals surface area contributed by atoms with E-state index in [1.807, 2.05) is 6.07 Å². The van der Waals surface area contributed by atoms with E-state index in [1.54, 1.807) is 11.3 Å². The molecule has 0 saturated heterocycles. The average molecular weight is 265 g/mol. The van der Waals surface area contributed by atoms with Crippen LogP contribution >= 0.6 is 11.3 Å². The maximum atomic E-state index is 4.74. The van der Waals surface area contributed by atoms with Crippen LogP contribution in [0.25, 0.3) is 11.3 Å². The van der Waals surface area contributed by atoms with Gasteiger partial charge in [0.05, 0.1) is 10.7 Å². The zero-order valence-corrected chi connectivity index (χ0v) is 11.7. The highest BCUT2D eigenvalue weighted by atomic mass is 32.1. The highest BCUT2D eigenvalue weighted by Crippen LogP contribution is 2.24. The van der Waals surface area contributed by atoms with Gasteiger partial charge in [0.15, 0.2) is 0 Å². The first-order chi connectivity index (χ1) is 9.31. The SMILES string of the molecule is Cc1cccc(-c2csc(Cc3ccccc3)n2)c1.